The molecule has 74 valence electrons. The Labute approximate surface area is 95.5 Å². The first-order valence-electron chi connectivity index (χ1n) is 4.59. The Bertz CT molecular complexity index is 572. The van der Waals surface area contributed by atoms with E-state index in [0.717, 1.165) is 16.8 Å². The highest BCUT2D eigenvalue weighted by Crippen LogP contribution is 2.38. The Morgan fingerprint density at radius 1 is 1.13 bits per heavy atom. The molecule has 15 heavy (non-hydrogen) atoms. The van der Waals surface area contributed by atoms with Crippen molar-refractivity contribution in [2.75, 3.05) is 3.93 Å². The van der Waals surface area contributed by atoms with E-state index >= 15 is 0 Å². The summed E-state index contributed by atoms with van der Waals surface area (Å²) in [4.78, 5) is 4.32. The third-order valence-corrected chi connectivity index (χ3v) is 3.25. The second-order valence-electron chi connectivity index (χ2n) is 3.40. The summed E-state index contributed by atoms with van der Waals surface area (Å²) in [7, 11) is 0. The number of aliphatic imine (C=N–C) groups is 1. The Morgan fingerprint density at radius 3 is 2.67 bits per heavy atom. The van der Waals surface area contributed by atoms with Crippen LogP contribution in [0.15, 0.2) is 41.4 Å². The number of rotatable bonds is 0. The molecule has 0 aliphatic carbocycles. The fraction of sp³-hybridized carbons (Fsp3) is 0. The van der Waals surface area contributed by atoms with Crippen molar-refractivity contribution in [3.63, 3.8) is 0 Å². The standard InChI is InChI=1S/C11H8BrN3/c12-15-9-6-2-4-7-3-1-5-8(10(7)9)14-11(15)13/h1-6H,(H2,13,14). The fourth-order valence-electron chi connectivity index (χ4n) is 1.85. The smallest absolute Gasteiger partial charge is 0.211 e. The van der Waals surface area contributed by atoms with Crippen LogP contribution in [-0.4, -0.2) is 5.96 Å². The van der Waals surface area contributed by atoms with Gasteiger partial charge in [-0.2, -0.15) is 0 Å². The number of hydrogen-bond donors (Lipinski definition) is 1. The van der Waals surface area contributed by atoms with Crippen LogP contribution in [0.1, 0.15) is 0 Å². The first-order chi connectivity index (χ1) is 7.27. The molecule has 0 spiro atoms. The van der Waals surface area contributed by atoms with Crippen molar-refractivity contribution < 1.29 is 0 Å². The quantitative estimate of drug-likeness (QED) is 0.741. The molecule has 0 saturated carbocycles. The van der Waals surface area contributed by atoms with Gasteiger partial charge in [-0.3, -0.25) is 0 Å². The molecule has 0 amide bonds. The molecular weight excluding hydrogens is 254 g/mol. The van der Waals surface area contributed by atoms with E-state index in [4.69, 9.17) is 5.73 Å². The molecule has 1 aliphatic rings. The van der Waals surface area contributed by atoms with E-state index in [1.807, 2.05) is 24.3 Å². The number of halogens is 1. The minimum atomic E-state index is 0.459. The Kier molecular flexibility index (Phi) is 1.73. The highest BCUT2D eigenvalue weighted by molar-refractivity contribution is 9.10. The summed E-state index contributed by atoms with van der Waals surface area (Å²) in [5, 5.41) is 2.30. The third kappa shape index (κ3) is 1.15. The highest BCUT2D eigenvalue weighted by atomic mass is 79.9. The lowest BCUT2D eigenvalue weighted by molar-refractivity contribution is 1.38. The van der Waals surface area contributed by atoms with Crippen molar-refractivity contribution in [1.82, 2.24) is 0 Å². The predicted molar refractivity (Wildman–Crippen MR) is 66.6 cm³/mol. The summed E-state index contributed by atoms with van der Waals surface area (Å²) in [6, 6.07) is 12.1. The molecule has 0 saturated heterocycles. The minimum absolute atomic E-state index is 0.459. The molecule has 0 aromatic heterocycles. The van der Waals surface area contributed by atoms with Gasteiger partial charge in [0.2, 0.25) is 5.96 Å². The maximum Gasteiger partial charge on any atom is 0.211 e. The molecule has 3 nitrogen and oxygen atoms in total. The molecule has 1 heterocycles. The van der Waals surface area contributed by atoms with Crippen LogP contribution in [0.2, 0.25) is 0 Å². The van der Waals surface area contributed by atoms with Gasteiger partial charge >= 0.3 is 0 Å². The molecule has 2 aromatic rings. The van der Waals surface area contributed by atoms with Crippen LogP contribution in [0, 0.1) is 0 Å². The second kappa shape index (κ2) is 2.97. The Balaban J connectivity index is 2.49. The van der Waals surface area contributed by atoms with Gasteiger partial charge in [0.15, 0.2) is 0 Å². The zero-order valence-corrected chi connectivity index (χ0v) is 9.40. The largest absolute Gasteiger partial charge is 0.369 e. The molecule has 3 rings (SSSR count). The third-order valence-electron chi connectivity index (χ3n) is 2.51. The normalized spacial score (nSPS) is 14.2. The number of nitrogens with zero attached hydrogens (tertiary/aromatic N) is 2. The Morgan fingerprint density at radius 2 is 1.87 bits per heavy atom. The molecule has 4 heteroatoms. The maximum absolute atomic E-state index is 5.80. The molecule has 2 aromatic carbocycles. The van der Waals surface area contributed by atoms with Crippen molar-refractivity contribution in [2.24, 2.45) is 10.7 Å². The van der Waals surface area contributed by atoms with E-state index in [1.165, 1.54) is 5.39 Å². The lowest BCUT2D eigenvalue weighted by Gasteiger charge is -2.22. The molecule has 0 fully saturated rings. The van der Waals surface area contributed by atoms with Gasteiger partial charge in [-0.05, 0) is 17.5 Å². The minimum Gasteiger partial charge on any atom is -0.369 e. The van der Waals surface area contributed by atoms with Gasteiger partial charge < -0.3 is 5.73 Å². The van der Waals surface area contributed by atoms with Crippen molar-refractivity contribution in [1.29, 1.82) is 0 Å². The van der Waals surface area contributed by atoms with Gasteiger partial charge in [-0.25, -0.2) is 8.92 Å². The van der Waals surface area contributed by atoms with Gasteiger partial charge in [0.05, 0.1) is 27.5 Å². The molecule has 0 atom stereocenters. The molecule has 0 bridgehead atoms. The summed E-state index contributed by atoms with van der Waals surface area (Å²) in [5.41, 5.74) is 7.76. The van der Waals surface area contributed by atoms with E-state index in [9.17, 15) is 0 Å². The molecule has 2 N–H and O–H groups in total. The fourth-order valence-corrected chi connectivity index (χ4v) is 2.22. The van der Waals surface area contributed by atoms with Crippen LogP contribution in [0.3, 0.4) is 0 Å². The van der Waals surface area contributed by atoms with Gasteiger partial charge in [0, 0.05) is 5.39 Å². The second-order valence-corrected chi connectivity index (χ2v) is 4.11. The maximum atomic E-state index is 5.80. The first-order valence-corrected chi connectivity index (χ1v) is 5.30. The summed E-state index contributed by atoms with van der Waals surface area (Å²) in [6.45, 7) is 0. The van der Waals surface area contributed by atoms with E-state index in [1.54, 1.807) is 3.93 Å². The predicted octanol–water partition coefficient (Wildman–Crippen LogP) is 2.92. The van der Waals surface area contributed by atoms with Gasteiger partial charge in [-0.1, -0.05) is 24.3 Å². The van der Waals surface area contributed by atoms with Gasteiger partial charge in [0.1, 0.15) is 0 Å². The molecule has 0 unspecified atom stereocenters. The zero-order chi connectivity index (χ0) is 10.4. The number of guanidine groups is 1. The summed E-state index contributed by atoms with van der Waals surface area (Å²) >= 11 is 3.39. The molecule has 1 aliphatic heterocycles. The Hall–Kier alpha value is -1.55. The van der Waals surface area contributed by atoms with Crippen molar-refractivity contribution in [3.05, 3.63) is 36.4 Å². The topological polar surface area (TPSA) is 41.6 Å². The summed E-state index contributed by atoms with van der Waals surface area (Å²) in [6.07, 6.45) is 0. The van der Waals surface area contributed by atoms with Crippen LogP contribution in [0.25, 0.3) is 10.8 Å². The zero-order valence-electron chi connectivity index (χ0n) is 7.81. The van der Waals surface area contributed by atoms with Crippen LogP contribution >= 0.6 is 16.1 Å². The lowest BCUT2D eigenvalue weighted by atomic mass is 10.1. The van der Waals surface area contributed by atoms with Crippen LogP contribution in [-0.2, 0) is 0 Å². The van der Waals surface area contributed by atoms with Crippen LogP contribution in [0.5, 0.6) is 0 Å². The van der Waals surface area contributed by atoms with E-state index in [2.05, 4.69) is 33.3 Å². The van der Waals surface area contributed by atoms with Crippen LogP contribution < -0.4 is 9.66 Å². The van der Waals surface area contributed by atoms with Crippen molar-refractivity contribution >= 4 is 44.3 Å². The SMILES string of the molecule is NC1=Nc2cccc3cccc(c23)N1Br. The average molecular weight is 262 g/mol. The number of hydrogen-bond acceptors (Lipinski definition) is 3. The number of benzene rings is 2. The van der Waals surface area contributed by atoms with Gasteiger partial charge in [-0.15, -0.1) is 0 Å². The lowest BCUT2D eigenvalue weighted by Crippen LogP contribution is -2.30. The van der Waals surface area contributed by atoms with Crippen molar-refractivity contribution in [3.8, 4) is 0 Å². The van der Waals surface area contributed by atoms with Gasteiger partial charge in [0.25, 0.3) is 0 Å². The average Bonchev–Trinajstić information content (AvgIpc) is 2.26. The van der Waals surface area contributed by atoms with E-state index < -0.39 is 0 Å². The molecular formula is C11H8BrN3. The highest BCUT2D eigenvalue weighted by Gasteiger charge is 2.18. The summed E-state index contributed by atoms with van der Waals surface area (Å²) in [5.74, 6) is 0.459. The molecule has 0 radical (unpaired) electrons. The number of nitrogens with two attached hydrogens (primary N) is 1. The van der Waals surface area contributed by atoms with Crippen molar-refractivity contribution in [2.45, 2.75) is 0 Å². The van der Waals surface area contributed by atoms with E-state index in [-0.39, 0.29) is 0 Å². The number of anilines is 1. The van der Waals surface area contributed by atoms with Crippen LogP contribution in [0.4, 0.5) is 11.4 Å². The monoisotopic (exact) mass is 261 g/mol. The summed E-state index contributed by atoms with van der Waals surface area (Å²) < 4.78 is 1.72. The van der Waals surface area contributed by atoms with E-state index in [0.29, 0.717) is 5.96 Å². The first kappa shape index (κ1) is 8.73.